The van der Waals surface area contributed by atoms with Crippen LogP contribution in [0.1, 0.15) is 26.2 Å². The molecule has 0 aromatic carbocycles. The molecule has 1 aliphatic rings. The number of nitrogens with one attached hydrogen (secondary N) is 1. The number of halogens is 1. The molecule has 1 fully saturated rings. The van der Waals surface area contributed by atoms with Gasteiger partial charge in [0.05, 0.1) is 0 Å². The van der Waals surface area contributed by atoms with E-state index in [-0.39, 0.29) is 11.9 Å². The lowest BCUT2D eigenvalue weighted by atomic mass is 10.1. The number of hydrogen-bond acceptors (Lipinski definition) is 4. The number of likely N-dealkylation sites (tertiary alicyclic amines) is 1. The van der Waals surface area contributed by atoms with Crippen molar-refractivity contribution in [3.63, 3.8) is 0 Å². The van der Waals surface area contributed by atoms with Crippen LogP contribution in [0.5, 0.6) is 0 Å². The summed E-state index contributed by atoms with van der Waals surface area (Å²) in [5, 5.41) is 7.43. The van der Waals surface area contributed by atoms with E-state index in [1.54, 1.807) is 4.52 Å². The van der Waals surface area contributed by atoms with Gasteiger partial charge in [-0.3, -0.25) is 4.79 Å². The van der Waals surface area contributed by atoms with E-state index < -0.39 is 0 Å². The summed E-state index contributed by atoms with van der Waals surface area (Å²) < 4.78 is 2.62. The number of rotatable bonds is 3. The predicted octanol–water partition coefficient (Wildman–Crippen LogP) is 2.30. The third-order valence-electron chi connectivity index (χ3n) is 3.68. The number of nitrogens with zero attached hydrogens (tertiary/aromatic N) is 4. The van der Waals surface area contributed by atoms with Gasteiger partial charge in [-0.15, -0.1) is 5.10 Å². The summed E-state index contributed by atoms with van der Waals surface area (Å²) >= 11 is 3.40. The highest BCUT2D eigenvalue weighted by Gasteiger charge is 2.22. The van der Waals surface area contributed by atoms with Crippen LogP contribution in [0.4, 0.5) is 5.95 Å². The van der Waals surface area contributed by atoms with E-state index in [1.165, 1.54) is 6.42 Å². The number of pyridine rings is 1. The number of carbonyl (C=O) groups is 1. The van der Waals surface area contributed by atoms with Crippen LogP contribution in [0.15, 0.2) is 22.8 Å². The van der Waals surface area contributed by atoms with Crippen molar-refractivity contribution in [3.8, 4) is 0 Å². The zero-order valence-corrected chi connectivity index (χ0v) is 13.5. The van der Waals surface area contributed by atoms with Crippen molar-refractivity contribution >= 4 is 33.4 Å². The highest BCUT2D eigenvalue weighted by Crippen LogP contribution is 2.14. The van der Waals surface area contributed by atoms with Gasteiger partial charge in [0.15, 0.2) is 5.65 Å². The van der Waals surface area contributed by atoms with Crippen LogP contribution in [-0.2, 0) is 4.79 Å². The van der Waals surface area contributed by atoms with Crippen molar-refractivity contribution in [2.24, 2.45) is 0 Å². The Morgan fingerprint density at radius 1 is 1.33 bits per heavy atom. The van der Waals surface area contributed by atoms with E-state index in [1.807, 2.05) is 30.2 Å². The van der Waals surface area contributed by atoms with Crippen LogP contribution in [0.25, 0.3) is 5.65 Å². The van der Waals surface area contributed by atoms with Gasteiger partial charge in [0.1, 0.15) is 6.04 Å². The van der Waals surface area contributed by atoms with Crippen LogP contribution >= 0.6 is 15.9 Å². The third-order valence-corrected chi connectivity index (χ3v) is 4.15. The van der Waals surface area contributed by atoms with E-state index in [4.69, 9.17) is 0 Å². The molecule has 0 bridgehead atoms. The van der Waals surface area contributed by atoms with Crippen LogP contribution < -0.4 is 5.32 Å². The summed E-state index contributed by atoms with van der Waals surface area (Å²) in [6, 6.07) is 3.47. The second kappa shape index (κ2) is 6.01. The molecule has 3 rings (SSSR count). The second-order valence-corrected chi connectivity index (χ2v) is 6.25. The Bertz CT molecular complexity index is 650. The fraction of sp³-hybridized carbons (Fsp3) is 0.500. The minimum Gasteiger partial charge on any atom is -0.341 e. The molecule has 0 aliphatic carbocycles. The summed E-state index contributed by atoms with van der Waals surface area (Å²) in [6.07, 6.45) is 5.25. The molecule has 21 heavy (non-hydrogen) atoms. The van der Waals surface area contributed by atoms with Gasteiger partial charge >= 0.3 is 0 Å². The third kappa shape index (κ3) is 3.18. The lowest BCUT2D eigenvalue weighted by Crippen LogP contribution is -2.44. The monoisotopic (exact) mass is 351 g/mol. The number of piperidine rings is 1. The topological polar surface area (TPSA) is 62.5 Å². The summed E-state index contributed by atoms with van der Waals surface area (Å²) in [5.74, 6) is 0.598. The highest BCUT2D eigenvalue weighted by atomic mass is 79.9. The number of fused-ring (bicyclic) bond motifs is 1. The van der Waals surface area contributed by atoms with Crippen LogP contribution in [0, 0.1) is 0 Å². The molecule has 1 N–H and O–H groups in total. The molecule has 2 aromatic heterocycles. The van der Waals surface area contributed by atoms with Crippen molar-refractivity contribution in [1.29, 1.82) is 0 Å². The maximum Gasteiger partial charge on any atom is 0.244 e. The first-order valence-electron chi connectivity index (χ1n) is 7.21. The highest BCUT2D eigenvalue weighted by molar-refractivity contribution is 9.10. The zero-order chi connectivity index (χ0) is 14.8. The maximum absolute atomic E-state index is 12.4. The van der Waals surface area contributed by atoms with Gasteiger partial charge in [0, 0.05) is 23.8 Å². The van der Waals surface area contributed by atoms with Gasteiger partial charge in [-0.25, -0.2) is 4.52 Å². The van der Waals surface area contributed by atoms with Gasteiger partial charge in [0.25, 0.3) is 0 Å². The van der Waals surface area contributed by atoms with Crippen LogP contribution in [0.3, 0.4) is 0 Å². The van der Waals surface area contributed by atoms with E-state index in [2.05, 4.69) is 31.3 Å². The summed E-state index contributed by atoms with van der Waals surface area (Å²) in [4.78, 5) is 18.7. The molecule has 0 radical (unpaired) electrons. The molecule has 2 aromatic rings. The standard InChI is InChI=1S/C14H18BrN5O/c1-10(13(21)19-7-3-2-4-8-19)16-14-17-12-6-5-11(15)9-20(12)18-14/h5-6,9-10H,2-4,7-8H2,1H3,(H,16,18). The maximum atomic E-state index is 12.4. The Hall–Kier alpha value is -1.63. The molecule has 0 spiro atoms. The fourth-order valence-corrected chi connectivity index (χ4v) is 2.89. The van der Waals surface area contributed by atoms with Crippen molar-refractivity contribution < 1.29 is 4.79 Å². The fourth-order valence-electron chi connectivity index (χ4n) is 2.56. The summed E-state index contributed by atoms with van der Waals surface area (Å²) in [5.41, 5.74) is 0.748. The van der Waals surface area contributed by atoms with Gasteiger partial charge in [-0.1, -0.05) is 0 Å². The number of amides is 1. The largest absolute Gasteiger partial charge is 0.341 e. The summed E-state index contributed by atoms with van der Waals surface area (Å²) in [7, 11) is 0. The first-order valence-corrected chi connectivity index (χ1v) is 8.00. The number of anilines is 1. The Morgan fingerprint density at radius 2 is 2.10 bits per heavy atom. The Balaban J connectivity index is 1.70. The van der Waals surface area contributed by atoms with E-state index >= 15 is 0 Å². The quantitative estimate of drug-likeness (QED) is 0.921. The average molecular weight is 352 g/mol. The predicted molar refractivity (Wildman–Crippen MR) is 84.2 cm³/mol. The van der Waals surface area contributed by atoms with Gasteiger partial charge in [-0.05, 0) is 54.2 Å². The minimum absolute atomic E-state index is 0.120. The zero-order valence-electron chi connectivity index (χ0n) is 11.9. The second-order valence-electron chi connectivity index (χ2n) is 5.34. The Morgan fingerprint density at radius 3 is 2.86 bits per heavy atom. The van der Waals surface area contributed by atoms with Gasteiger partial charge in [-0.2, -0.15) is 4.98 Å². The van der Waals surface area contributed by atoms with Crippen molar-refractivity contribution in [2.45, 2.75) is 32.2 Å². The average Bonchev–Trinajstić information content (AvgIpc) is 2.88. The van der Waals surface area contributed by atoms with Crippen LogP contribution in [0.2, 0.25) is 0 Å². The van der Waals surface area contributed by atoms with Crippen molar-refractivity contribution in [1.82, 2.24) is 19.5 Å². The van der Waals surface area contributed by atoms with Gasteiger partial charge < -0.3 is 10.2 Å². The molecule has 0 saturated carbocycles. The molecular formula is C14H18BrN5O. The molecule has 1 atom stereocenters. The van der Waals surface area contributed by atoms with Gasteiger partial charge in [0.2, 0.25) is 11.9 Å². The Labute approximate surface area is 131 Å². The minimum atomic E-state index is -0.316. The van der Waals surface area contributed by atoms with Crippen LogP contribution in [-0.4, -0.2) is 44.5 Å². The molecule has 1 aliphatic heterocycles. The molecule has 112 valence electrons. The summed E-state index contributed by atoms with van der Waals surface area (Å²) in [6.45, 7) is 3.57. The van der Waals surface area contributed by atoms with E-state index in [0.717, 1.165) is 36.1 Å². The molecule has 7 heteroatoms. The molecule has 3 heterocycles. The SMILES string of the molecule is CC(Nc1nc2ccc(Br)cn2n1)C(=O)N1CCCCC1. The number of carbonyl (C=O) groups excluding carboxylic acids is 1. The molecule has 1 amide bonds. The first kappa shape index (κ1) is 14.3. The molecular weight excluding hydrogens is 334 g/mol. The molecule has 1 saturated heterocycles. The van der Waals surface area contributed by atoms with E-state index in [9.17, 15) is 4.79 Å². The lowest BCUT2D eigenvalue weighted by molar-refractivity contribution is -0.132. The Kier molecular flexibility index (Phi) is 4.10. The number of hydrogen-bond donors (Lipinski definition) is 1. The number of aromatic nitrogens is 3. The van der Waals surface area contributed by atoms with Crippen molar-refractivity contribution in [3.05, 3.63) is 22.8 Å². The van der Waals surface area contributed by atoms with Crippen molar-refractivity contribution in [2.75, 3.05) is 18.4 Å². The first-order chi connectivity index (χ1) is 10.1. The normalized spacial score (nSPS) is 17.0. The smallest absolute Gasteiger partial charge is 0.244 e. The molecule has 1 unspecified atom stereocenters. The lowest BCUT2D eigenvalue weighted by Gasteiger charge is -2.29. The van der Waals surface area contributed by atoms with E-state index in [0.29, 0.717) is 5.95 Å². The molecule has 6 nitrogen and oxygen atoms in total.